The molecule has 0 spiro atoms. The van der Waals surface area contributed by atoms with E-state index in [1.54, 1.807) is 0 Å². The number of aryl methyl sites for hydroxylation is 1. The maximum Gasteiger partial charge on any atom is 0.320 e. The molecule has 4 heteroatoms. The third-order valence-electron chi connectivity index (χ3n) is 3.00. The molecule has 0 amide bonds. The van der Waals surface area contributed by atoms with Gasteiger partial charge in [-0.2, -0.15) is 0 Å². The van der Waals surface area contributed by atoms with E-state index < -0.39 is 12.0 Å². The molecule has 1 atom stereocenters. The molecule has 0 fully saturated rings. The predicted molar refractivity (Wildman–Crippen MR) is 67.0 cm³/mol. The van der Waals surface area contributed by atoms with Gasteiger partial charge in [-0.1, -0.05) is 25.1 Å². The molecule has 1 heterocycles. The Bertz CT molecular complexity index is 545. The van der Waals surface area contributed by atoms with Crippen LogP contribution >= 0.6 is 0 Å². The Labute approximate surface area is 99.4 Å². The first kappa shape index (κ1) is 11.7. The highest BCUT2D eigenvalue weighted by Gasteiger charge is 2.17. The van der Waals surface area contributed by atoms with Crippen molar-refractivity contribution in [2.45, 2.75) is 25.8 Å². The molecule has 1 aromatic heterocycles. The summed E-state index contributed by atoms with van der Waals surface area (Å²) in [5.74, 6) is -0.961. The number of rotatable bonds is 4. The van der Waals surface area contributed by atoms with E-state index in [-0.39, 0.29) is 0 Å². The number of fused-ring (bicyclic) bond motifs is 1. The maximum absolute atomic E-state index is 10.8. The third kappa shape index (κ3) is 2.17. The second kappa shape index (κ2) is 4.59. The zero-order valence-electron chi connectivity index (χ0n) is 9.73. The summed E-state index contributed by atoms with van der Waals surface area (Å²) in [6.07, 6.45) is 1.21. The Kier molecular flexibility index (Phi) is 3.15. The molecule has 0 aliphatic rings. The number of nitrogens with two attached hydrogens (primary N) is 1. The van der Waals surface area contributed by atoms with E-state index in [2.05, 4.69) is 4.98 Å². The summed E-state index contributed by atoms with van der Waals surface area (Å²) >= 11 is 0. The van der Waals surface area contributed by atoms with Gasteiger partial charge < -0.3 is 15.8 Å². The molecule has 0 saturated carbocycles. The average Bonchev–Trinajstić information content (AvgIpc) is 2.67. The van der Waals surface area contributed by atoms with Crippen molar-refractivity contribution in [3.63, 3.8) is 0 Å². The molecule has 0 bridgehead atoms. The zero-order chi connectivity index (χ0) is 12.4. The van der Waals surface area contributed by atoms with Crippen molar-refractivity contribution in [2.24, 2.45) is 5.73 Å². The predicted octanol–water partition coefficient (Wildman–Crippen LogP) is 1.68. The number of nitrogens with one attached hydrogen (secondary N) is 1. The average molecular weight is 232 g/mol. The largest absolute Gasteiger partial charge is 0.480 e. The molecular formula is C13H16N2O2. The van der Waals surface area contributed by atoms with E-state index >= 15 is 0 Å². The van der Waals surface area contributed by atoms with Crippen LogP contribution in [0.4, 0.5) is 0 Å². The number of para-hydroxylation sites is 1. The lowest BCUT2D eigenvalue weighted by Gasteiger charge is -2.07. The molecule has 1 aromatic carbocycles. The van der Waals surface area contributed by atoms with E-state index in [0.29, 0.717) is 6.42 Å². The van der Waals surface area contributed by atoms with Gasteiger partial charge in [-0.15, -0.1) is 0 Å². The van der Waals surface area contributed by atoms with Gasteiger partial charge in [0.2, 0.25) is 0 Å². The highest BCUT2D eigenvalue weighted by atomic mass is 16.4. The van der Waals surface area contributed by atoms with Gasteiger partial charge >= 0.3 is 5.97 Å². The van der Waals surface area contributed by atoms with Gasteiger partial charge in [-0.05, 0) is 18.1 Å². The minimum Gasteiger partial charge on any atom is -0.480 e. The number of hydrogen-bond donors (Lipinski definition) is 3. The highest BCUT2D eigenvalue weighted by Crippen LogP contribution is 2.23. The van der Waals surface area contributed by atoms with Crippen molar-refractivity contribution in [3.05, 3.63) is 35.5 Å². The fourth-order valence-corrected chi connectivity index (χ4v) is 2.10. The molecule has 4 nitrogen and oxygen atoms in total. The van der Waals surface area contributed by atoms with Gasteiger partial charge in [0.1, 0.15) is 6.04 Å². The second-order valence-corrected chi connectivity index (χ2v) is 4.13. The molecular weight excluding hydrogens is 216 g/mol. The summed E-state index contributed by atoms with van der Waals surface area (Å²) in [5.41, 5.74) is 8.75. The smallest absolute Gasteiger partial charge is 0.320 e. The second-order valence-electron chi connectivity index (χ2n) is 4.13. The number of H-pyrrole nitrogens is 1. The molecule has 2 rings (SSSR count). The standard InChI is InChI=1S/C13H16N2O2/c1-2-11-9(7-10(14)13(16)17)8-5-3-4-6-12(8)15-11/h3-6,10,15H,2,7,14H2,1H3,(H,16,17)/t10-/m1/s1. The number of carboxylic acids is 1. The molecule has 0 aliphatic heterocycles. The topological polar surface area (TPSA) is 79.1 Å². The van der Waals surface area contributed by atoms with Crippen LogP contribution in [-0.2, 0) is 17.6 Å². The Morgan fingerprint density at radius 3 is 2.82 bits per heavy atom. The summed E-state index contributed by atoms with van der Waals surface area (Å²) in [4.78, 5) is 14.1. The van der Waals surface area contributed by atoms with E-state index in [0.717, 1.165) is 28.6 Å². The summed E-state index contributed by atoms with van der Waals surface area (Å²) < 4.78 is 0. The number of carboxylic acid groups (broad SMARTS) is 1. The monoisotopic (exact) mass is 232 g/mol. The molecule has 2 aromatic rings. The lowest BCUT2D eigenvalue weighted by Crippen LogP contribution is -2.32. The van der Waals surface area contributed by atoms with Gasteiger partial charge in [0.15, 0.2) is 0 Å². The first-order chi connectivity index (χ1) is 8.13. The number of benzene rings is 1. The van der Waals surface area contributed by atoms with Crippen LogP contribution in [0.15, 0.2) is 24.3 Å². The molecule has 90 valence electrons. The number of carbonyl (C=O) groups is 1. The van der Waals surface area contributed by atoms with Gasteiger partial charge in [-0.3, -0.25) is 4.79 Å². The molecule has 0 radical (unpaired) electrons. The molecule has 0 aliphatic carbocycles. The van der Waals surface area contributed by atoms with E-state index in [4.69, 9.17) is 10.8 Å². The van der Waals surface area contributed by atoms with Crippen molar-refractivity contribution >= 4 is 16.9 Å². The highest BCUT2D eigenvalue weighted by molar-refractivity contribution is 5.85. The van der Waals surface area contributed by atoms with Crippen LogP contribution in [0.5, 0.6) is 0 Å². The fourth-order valence-electron chi connectivity index (χ4n) is 2.10. The van der Waals surface area contributed by atoms with E-state index in [1.165, 1.54) is 0 Å². The zero-order valence-corrected chi connectivity index (χ0v) is 9.73. The van der Waals surface area contributed by atoms with Gasteiger partial charge in [-0.25, -0.2) is 0 Å². The third-order valence-corrected chi connectivity index (χ3v) is 3.00. The van der Waals surface area contributed by atoms with E-state index in [9.17, 15) is 4.79 Å². The Morgan fingerprint density at radius 2 is 2.18 bits per heavy atom. The minimum atomic E-state index is -0.961. The van der Waals surface area contributed by atoms with E-state index in [1.807, 2.05) is 31.2 Å². The Balaban J connectivity index is 2.46. The van der Waals surface area contributed by atoms with Crippen LogP contribution < -0.4 is 5.73 Å². The summed E-state index contributed by atoms with van der Waals surface area (Å²) in [6.45, 7) is 2.04. The SMILES string of the molecule is CCc1[nH]c2ccccc2c1C[C@@H](N)C(=O)O. The molecule has 17 heavy (non-hydrogen) atoms. The minimum absolute atomic E-state index is 0.364. The quantitative estimate of drug-likeness (QED) is 0.750. The summed E-state index contributed by atoms with van der Waals surface area (Å²) in [7, 11) is 0. The van der Waals surface area contributed by atoms with Crippen LogP contribution in [0.25, 0.3) is 10.9 Å². The van der Waals surface area contributed by atoms with Crippen LogP contribution in [0.2, 0.25) is 0 Å². The number of aromatic nitrogens is 1. The number of hydrogen-bond acceptors (Lipinski definition) is 2. The Morgan fingerprint density at radius 1 is 1.47 bits per heavy atom. The van der Waals surface area contributed by atoms with Crippen molar-refractivity contribution in [1.82, 2.24) is 4.98 Å². The molecule has 0 unspecified atom stereocenters. The van der Waals surface area contributed by atoms with Gasteiger partial charge in [0.05, 0.1) is 0 Å². The number of aliphatic carboxylic acids is 1. The van der Waals surface area contributed by atoms with Crippen molar-refractivity contribution in [2.75, 3.05) is 0 Å². The van der Waals surface area contributed by atoms with Crippen molar-refractivity contribution in [1.29, 1.82) is 0 Å². The number of aromatic amines is 1. The van der Waals surface area contributed by atoms with Crippen LogP contribution in [-0.4, -0.2) is 22.1 Å². The van der Waals surface area contributed by atoms with Crippen LogP contribution in [0.1, 0.15) is 18.2 Å². The first-order valence-corrected chi connectivity index (χ1v) is 5.70. The summed E-state index contributed by atoms with van der Waals surface area (Å²) in [5, 5.41) is 9.95. The van der Waals surface area contributed by atoms with Crippen LogP contribution in [0, 0.1) is 0 Å². The lowest BCUT2D eigenvalue weighted by molar-refractivity contribution is -0.138. The molecule has 0 saturated heterocycles. The summed E-state index contributed by atoms with van der Waals surface area (Å²) in [6, 6.07) is 7.04. The first-order valence-electron chi connectivity index (χ1n) is 5.70. The van der Waals surface area contributed by atoms with Crippen molar-refractivity contribution < 1.29 is 9.90 Å². The normalized spacial score (nSPS) is 12.8. The van der Waals surface area contributed by atoms with Crippen LogP contribution in [0.3, 0.4) is 0 Å². The van der Waals surface area contributed by atoms with Gasteiger partial charge in [0, 0.05) is 23.0 Å². The molecule has 4 N–H and O–H groups in total. The van der Waals surface area contributed by atoms with Gasteiger partial charge in [0.25, 0.3) is 0 Å². The fraction of sp³-hybridized carbons (Fsp3) is 0.308. The Hall–Kier alpha value is -1.81. The maximum atomic E-state index is 10.8. The van der Waals surface area contributed by atoms with Crippen molar-refractivity contribution in [3.8, 4) is 0 Å². The lowest BCUT2D eigenvalue weighted by atomic mass is 10.0.